The van der Waals surface area contributed by atoms with Crippen molar-refractivity contribution < 1.29 is 9.53 Å². The van der Waals surface area contributed by atoms with E-state index in [0.717, 1.165) is 24.2 Å². The zero-order valence-electron chi connectivity index (χ0n) is 11.9. The second kappa shape index (κ2) is 5.47. The Balaban J connectivity index is 1.76. The lowest BCUT2D eigenvalue weighted by Gasteiger charge is -2.21. The summed E-state index contributed by atoms with van der Waals surface area (Å²) < 4.78 is 5.15. The van der Waals surface area contributed by atoms with Crippen LogP contribution in [0.3, 0.4) is 0 Å². The van der Waals surface area contributed by atoms with Crippen molar-refractivity contribution in [3.8, 4) is 5.75 Å². The average molecular weight is 286 g/mol. The summed E-state index contributed by atoms with van der Waals surface area (Å²) in [7, 11) is 1.64. The summed E-state index contributed by atoms with van der Waals surface area (Å²) in [6.07, 6.45) is 2.09. The number of carbonyl (C=O) groups excluding carboxylic acids is 1. The molecule has 0 spiro atoms. The normalized spacial score (nSPS) is 14.0. The molecule has 6 nitrogen and oxygen atoms in total. The van der Waals surface area contributed by atoms with Gasteiger partial charge in [-0.1, -0.05) is 12.1 Å². The van der Waals surface area contributed by atoms with E-state index in [1.54, 1.807) is 13.2 Å². The molecule has 1 aromatic carbocycles. The molecule has 3 rings (SSSR count). The van der Waals surface area contributed by atoms with Gasteiger partial charge in [0.2, 0.25) is 0 Å². The number of rotatable bonds is 5. The highest BCUT2D eigenvalue weighted by atomic mass is 16.5. The molecule has 1 saturated carbocycles. The Labute approximate surface area is 122 Å². The van der Waals surface area contributed by atoms with Gasteiger partial charge < -0.3 is 15.4 Å². The number of nitrogens with one attached hydrogen (secondary N) is 1. The number of carbonyl (C=O) groups is 1. The van der Waals surface area contributed by atoms with E-state index in [0.29, 0.717) is 24.1 Å². The lowest BCUT2D eigenvalue weighted by atomic mass is 10.2. The van der Waals surface area contributed by atoms with Crippen LogP contribution in [0.25, 0.3) is 0 Å². The van der Waals surface area contributed by atoms with Crippen LogP contribution in [0.2, 0.25) is 0 Å². The van der Waals surface area contributed by atoms with Crippen molar-refractivity contribution in [1.29, 1.82) is 0 Å². The van der Waals surface area contributed by atoms with Gasteiger partial charge in [0.15, 0.2) is 0 Å². The lowest BCUT2D eigenvalue weighted by molar-refractivity contribution is 0.0724. The fourth-order valence-electron chi connectivity index (χ4n) is 2.28. The van der Waals surface area contributed by atoms with Crippen LogP contribution in [0.4, 0.5) is 5.82 Å². The van der Waals surface area contributed by atoms with E-state index < -0.39 is 0 Å². The van der Waals surface area contributed by atoms with Crippen molar-refractivity contribution in [2.45, 2.75) is 25.4 Å². The molecule has 3 N–H and O–H groups in total. The lowest BCUT2D eigenvalue weighted by Crippen LogP contribution is -2.32. The Kier molecular flexibility index (Phi) is 3.51. The van der Waals surface area contributed by atoms with E-state index in [4.69, 9.17) is 10.5 Å². The largest absolute Gasteiger partial charge is 0.497 e. The predicted molar refractivity (Wildman–Crippen MR) is 78.9 cm³/mol. The smallest absolute Gasteiger partial charge is 0.272 e. The number of benzene rings is 1. The van der Waals surface area contributed by atoms with Crippen LogP contribution >= 0.6 is 0 Å². The third kappa shape index (κ3) is 2.99. The molecule has 2 aromatic rings. The zero-order chi connectivity index (χ0) is 14.8. The minimum absolute atomic E-state index is 0.0579. The minimum Gasteiger partial charge on any atom is -0.497 e. The summed E-state index contributed by atoms with van der Waals surface area (Å²) >= 11 is 0. The van der Waals surface area contributed by atoms with Gasteiger partial charge in [0.05, 0.1) is 7.11 Å². The number of methoxy groups -OCH3 is 1. The molecule has 0 unspecified atom stereocenters. The Morgan fingerprint density at radius 1 is 1.43 bits per heavy atom. The number of ether oxygens (including phenoxy) is 1. The molecule has 1 heterocycles. The highest BCUT2D eigenvalue weighted by molar-refractivity contribution is 5.93. The number of aromatic nitrogens is 2. The summed E-state index contributed by atoms with van der Waals surface area (Å²) in [6, 6.07) is 9.64. The summed E-state index contributed by atoms with van der Waals surface area (Å²) in [5, 5.41) is 6.50. The van der Waals surface area contributed by atoms with E-state index >= 15 is 0 Å². The molecule has 1 aromatic heterocycles. The van der Waals surface area contributed by atoms with Gasteiger partial charge in [0.1, 0.15) is 17.3 Å². The molecule has 1 aliphatic carbocycles. The quantitative estimate of drug-likeness (QED) is 0.878. The summed E-state index contributed by atoms with van der Waals surface area (Å²) in [5.41, 5.74) is 7.08. The molecule has 0 bridgehead atoms. The van der Waals surface area contributed by atoms with Gasteiger partial charge in [-0.3, -0.25) is 9.89 Å². The van der Waals surface area contributed by atoms with Crippen molar-refractivity contribution in [3.05, 3.63) is 41.6 Å². The van der Waals surface area contributed by atoms with Gasteiger partial charge in [0, 0.05) is 18.7 Å². The van der Waals surface area contributed by atoms with Gasteiger partial charge in [-0.25, -0.2) is 0 Å². The molecule has 0 radical (unpaired) electrons. The van der Waals surface area contributed by atoms with Gasteiger partial charge in [0.25, 0.3) is 5.91 Å². The Hall–Kier alpha value is -2.50. The van der Waals surface area contributed by atoms with Gasteiger partial charge >= 0.3 is 0 Å². The molecule has 0 aliphatic heterocycles. The average Bonchev–Trinajstić information content (AvgIpc) is 3.26. The number of H-pyrrole nitrogens is 1. The number of aromatic amines is 1. The van der Waals surface area contributed by atoms with Crippen molar-refractivity contribution in [2.75, 3.05) is 12.8 Å². The number of nitrogens with zero attached hydrogens (tertiary/aromatic N) is 2. The first kappa shape index (κ1) is 13.5. The molecule has 0 atom stereocenters. The van der Waals surface area contributed by atoms with E-state index in [9.17, 15) is 4.79 Å². The number of nitrogen functional groups attached to an aromatic ring is 1. The van der Waals surface area contributed by atoms with Crippen molar-refractivity contribution >= 4 is 11.7 Å². The highest BCUT2D eigenvalue weighted by Gasteiger charge is 2.33. The number of anilines is 1. The van der Waals surface area contributed by atoms with Crippen LogP contribution in [0, 0.1) is 0 Å². The number of hydrogen-bond donors (Lipinski definition) is 2. The topological polar surface area (TPSA) is 84.2 Å². The fourth-order valence-corrected chi connectivity index (χ4v) is 2.28. The third-order valence-electron chi connectivity index (χ3n) is 3.59. The number of hydrogen-bond acceptors (Lipinski definition) is 4. The van der Waals surface area contributed by atoms with Crippen LogP contribution < -0.4 is 10.5 Å². The predicted octanol–water partition coefficient (Wildman–Crippen LogP) is 1.81. The van der Waals surface area contributed by atoms with Crippen molar-refractivity contribution in [1.82, 2.24) is 15.1 Å². The third-order valence-corrected chi connectivity index (χ3v) is 3.59. The van der Waals surface area contributed by atoms with E-state index in [2.05, 4.69) is 10.2 Å². The molecule has 21 heavy (non-hydrogen) atoms. The molecule has 1 aliphatic rings. The second-order valence-electron chi connectivity index (χ2n) is 5.22. The standard InChI is InChI=1S/C15H18N4O2/c1-21-12-6-2-10(3-7-12)9-19(11-4-5-11)15(20)13-8-14(16)18-17-13/h2-3,6-8,11H,4-5,9H2,1H3,(H3,16,17,18). The SMILES string of the molecule is COc1ccc(CN(C(=O)c2cc(N)n[nH]2)C2CC2)cc1. The maximum Gasteiger partial charge on any atom is 0.272 e. The van der Waals surface area contributed by atoms with E-state index in [-0.39, 0.29) is 5.91 Å². The van der Waals surface area contributed by atoms with Crippen LogP contribution in [0.5, 0.6) is 5.75 Å². The first-order valence-electron chi connectivity index (χ1n) is 6.92. The van der Waals surface area contributed by atoms with E-state index in [1.807, 2.05) is 29.2 Å². The molecule has 6 heteroatoms. The highest BCUT2D eigenvalue weighted by Crippen LogP contribution is 2.30. The van der Waals surface area contributed by atoms with Crippen LogP contribution in [-0.2, 0) is 6.54 Å². The van der Waals surface area contributed by atoms with Crippen LogP contribution in [-0.4, -0.2) is 34.2 Å². The monoisotopic (exact) mass is 286 g/mol. The molecular formula is C15H18N4O2. The first-order valence-corrected chi connectivity index (χ1v) is 6.92. The second-order valence-corrected chi connectivity index (χ2v) is 5.22. The molecule has 110 valence electrons. The maximum atomic E-state index is 12.5. The minimum atomic E-state index is -0.0579. The van der Waals surface area contributed by atoms with Crippen LogP contribution in [0.1, 0.15) is 28.9 Å². The molecule has 1 amide bonds. The fraction of sp³-hybridized carbons (Fsp3) is 0.333. The number of nitrogens with two attached hydrogens (primary N) is 1. The Morgan fingerprint density at radius 2 is 2.14 bits per heavy atom. The Bertz CT molecular complexity index is 631. The van der Waals surface area contributed by atoms with Crippen molar-refractivity contribution in [3.63, 3.8) is 0 Å². The van der Waals surface area contributed by atoms with Crippen LogP contribution in [0.15, 0.2) is 30.3 Å². The summed E-state index contributed by atoms with van der Waals surface area (Å²) in [5.74, 6) is 1.08. The van der Waals surface area contributed by atoms with Gasteiger partial charge in [-0.05, 0) is 30.5 Å². The first-order chi connectivity index (χ1) is 10.2. The zero-order valence-corrected chi connectivity index (χ0v) is 11.9. The molecule has 1 fully saturated rings. The summed E-state index contributed by atoms with van der Waals surface area (Å²) in [4.78, 5) is 14.4. The molecular weight excluding hydrogens is 268 g/mol. The van der Waals surface area contributed by atoms with E-state index in [1.165, 1.54) is 0 Å². The molecule has 0 saturated heterocycles. The summed E-state index contributed by atoms with van der Waals surface area (Å²) in [6.45, 7) is 0.576. The van der Waals surface area contributed by atoms with Crippen molar-refractivity contribution in [2.24, 2.45) is 0 Å². The van der Waals surface area contributed by atoms with Gasteiger partial charge in [-0.15, -0.1) is 0 Å². The Morgan fingerprint density at radius 3 is 2.67 bits per heavy atom. The maximum absolute atomic E-state index is 12.5. The number of amides is 1. The van der Waals surface area contributed by atoms with Gasteiger partial charge in [-0.2, -0.15) is 5.10 Å².